The summed E-state index contributed by atoms with van der Waals surface area (Å²) in [5.74, 6) is -0.306. The summed E-state index contributed by atoms with van der Waals surface area (Å²) >= 11 is 0. The molecule has 2 saturated heterocycles. The van der Waals surface area contributed by atoms with Crippen LogP contribution in [0.25, 0.3) is 22.3 Å². The Morgan fingerprint density at radius 2 is 1.82 bits per heavy atom. The second-order valence-electron chi connectivity index (χ2n) is 10.9. The van der Waals surface area contributed by atoms with Crippen molar-refractivity contribution in [2.24, 2.45) is 0 Å². The van der Waals surface area contributed by atoms with Crippen molar-refractivity contribution in [2.75, 3.05) is 26.2 Å². The smallest absolute Gasteiger partial charge is 0.415 e. The van der Waals surface area contributed by atoms with E-state index in [9.17, 15) is 19.5 Å². The number of hydrogen-bond donors (Lipinski definition) is 1. The molecule has 7 rings (SSSR count). The van der Waals surface area contributed by atoms with E-state index in [0.717, 1.165) is 23.8 Å². The van der Waals surface area contributed by atoms with Gasteiger partial charge in [0.05, 0.1) is 29.0 Å². The number of rotatable bonds is 2. The number of aromatic nitrogens is 2. The lowest BCUT2D eigenvalue weighted by molar-refractivity contribution is -0.157. The fourth-order valence-corrected chi connectivity index (χ4v) is 6.44. The number of pyridine rings is 2. The zero-order valence-corrected chi connectivity index (χ0v) is 21.6. The molecule has 10 nitrogen and oxygen atoms in total. The van der Waals surface area contributed by atoms with Gasteiger partial charge in [0.2, 0.25) is 0 Å². The third-order valence-corrected chi connectivity index (χ3v) is 8.58. The SMILES string of the molecule is O=C1OCc2c(cc3n(c2=O)Cc2cc4cc(OC(=O)N5CCC(N6CCCCC6)CC5)ccc4nc2-3)C1O. The van der Waals surface area contributed by atoms with Crippen molar-refractivity contribution in [3.05, 3.63) is 57.4 Å². The highest BCUT2D eigenvalue weighted by Crippen LogP contribution is 2.36. The first kappa shape index (κ1) is 24.3. The number of carbonyl (C=O) groups excluding carboxylic acids is 2. The number of nitrogens with zero attached hydrogens (tertiary/aromatic N) is 4. The molecule has 2 fully saturated rings. The summed E-state index contributed by atoms with van der Waals surface area (Å²) in [5, 5.41) is 11.1. The number of piperidine rings is 2. The highest BCUT2D eigenvalue weighted by molar-refractivity contribution is 5.86. The van der Waals surface area contributed by atoms with Gasteiger partial charge >= 0.3 is 12.1 Å². The minimum absolute atomic E-state index is 0.152. The van der Waals surface area contributed by atoms with E-state index in [0.29, 0.717) is 48.3 Å². The molecule has 1 N–H and O–H groups in total. The normalized spacial score (nSPS) is 21.3. The fourth-order valence-electron chi connectivity index (χ4n) is 6.44. The lowest BCUT2D eigenvalue weighted by Crippen LogP contribution is -2.48. The van der Waals surface area contributed by atoms with Gasteiger partial charge in [0.1, 0.15) is 12.4 Å². The molecular formula is C29H30N4O6. The largest absolute Gasteiger partial charge is 0.458 e. The van der Waals surface area contributed by atoms with Crippen molar-refractivity contribution in [1.82, 2.24) is 19.4 Å². The average Bonchev–Trinajstić information content (AvgIpc) is 3.32. The first-order valence-electron chi connectivity index (χ1n) is 13.7. The molecule has 1 aromatic carbocycles. The van der Waals surface area contributed by atoms with Crippen molar-refractivity contribution in [2.45, 2.75) is 57.4 Å². The van der Waals surface area contributed by atoms with Gasteiger partial charge in [-0.1, -0.05) is 6.42 Å². The Morgan fingerprint density at radius 3 is 2.62 bits per heavy atom. The van der Waals surface area contributed by atoms with Crippen molar-refractivity contribution >= 4 is 23.0 Å². The molecule has 2 aromatic heterocycles. The molecule has 0 bridgehead atoms. The number of esters is 1. The van der Waals surface area contributed by atoms with Crippen LogP contribution in [0.2, 0.25) is 0 Å². The number of ether oxygens (including phenoxy) is 2. The van der Waals surface area contributed by atoms with E-state index in [1.807, 2.05) is 6.07 Å². The number of hydrogen-bond acceptors (Lipinski definition) is 8. The molecule has 6 heterocycles. The van der Waals surface area contributed by atoms with Crippen molar-refractivity contribution in [3.8, 4) is 17.1 Å². The van der Waals surface area contributed by atoms with Gasteiger partial charge < -0.3 is 28.9 Å². The van der Waals surface area contributed by atoms with Gasteiger partial charge in [0.25, 0.3) is 5.56 Å². The Bertz CT molecular complexity index is 1550. The van der Waals surface area contributed by atoms with Crippen molar-refractivity contribution in [1.29, 1.82) is 0 Å². The molecular weight excluding hydrogens is 500 g/mol. The first-order valence-corrected chi connectivity index (χ1v) is 13.7. The minimum Gasteiger partial charge on any atom is -0.458 e. The number of benzene rings is 1. The maximum atomic E-state index is 13.1. The fraction of sp³-hybridized carbons (Fsp3) is 0.448. The summed E-state index contributed by atoms with van der Waals surface area (Å²) in [5.41, 5.74) is 3.00. The Kier molecular flexibility index (Phi) is 5.89. The van der Waals surface area contributed by atoms with Crippen LogP contribution >= 0.6 is 0 Å². The molecule has 0 saturated carbocycles. The highest BCUT2D eigenvalue weighted by Gasteiger charge is 2.34. The van der Waals surface area contributed by atoms with E-state index < -0.39 is 12.1 Å². The molecule has 4 aliphatic rings. The van der Waals surface area contributed by atoms with Gasteiger partial charge in [-0.2, -0.15) is 0 Å². The van der Waals surface area contributed by atoms with Crippen LogP contribution in [0.4, 0.5) is 4.79 Å². The number of cyclic esters (lactones) is 1. The van der Waals surface area contributed by atoms with Crippen LogP contribution < -0.4 is 10.3 Å². The molecule has 39 heavy (non-hydrogen) atoms. The van der Waals surface area contributed by atoms with Gasteiger partial charge in [-0.15, -0.1) is 0 Å². The van der Waals surface area contributed by atoms with Crippen molar-refractivity contribution in [3.63, 3.8) is 0 Å². The number of aliphatic hydroxyl groups excluding tert-OH is 1. The van der Waals surface area contributed by atoms with Crippen molar-refractivity contribution < 1.29 is 24.2 Å². The average molecular weight is 531 g/mol. The number of likely N-dealkylation sites (tertiary alicyclic amines) is 2. The van der Waals surface area contributed by atoms with E-state index in [-0.39, 0.29) is 29.4 Å². The maximum Gasteiger partial charge on any atom is 0.415 e. The maximum absolute atomic E-state index is 13.1. The quantitative estimate of drug-likeness (QED) is 0.394. The zero-order chi connectivity index (χ0) is 26.7. The monoisotopic (exact) mass is 530 g/mol. The summed E-state index contributed by atoms with van der Waals surface area (Å²) in [6, 6.07) is 9.50. The number of amides is 1. The lowest BCUT2D eigenvalue weighted by atomic mass is 10.0. The molecule has 0 radical (unpaired) electrons. The van der Waals surface area contributed by atoms with Crippen LogP contribution in [-0.4, -0.2) is 68.7 Å². The topological polar surface area (TPSA) is 114 Å². The predicted molar refractivity (Wildman–Crippen MR) is 141 cm³/mol. The van der Waals surface area contributed by atoms with Crippen LogP contribution in [0.1, 0.15) is 54.9 Å². The van der Waals surface area contributed by atoms with Crippen LogP contribution in [0.15, 0.2) is 35.1 Å². The standard InChI is InChI=1S/C29H30N4O6/c34-26-21-14-24-25-18(15-33(24)27(35)22(21)16-38-28(26)36)12-17-13-20(4-5-23(17)30-25)39-29(37)32-10-6-19(7-11-32)31-8-2-1-3-9-31/h4-5,12-14,19,26,34H,1-3,6-11,15-16H2. The van der Waals surface area contributed by atoms with Gasteiger partial charge in [0.15, 0.2) is 6.10 Å². The van der Waals surface area contributed by atoms with Gasteiger partial charge in [-0.05, 0) is 69.1 Å². The Morgan fingerprint density at radius 1 is 1.03 bits per heavy atom. The summed E-state index contributed by atoms with van der Waals surface area (Å²) in [6.45, 7) is 3.90. The molecule has 10 heteroatoms. The molecule has 0 spiro atoms. The molecule has 1 unspecified atom stereocenters. The second-order valence-corrected chi connectivity index (χ2v) is 10.9. The lowest BCUT2D eigenvalue weighted by Gasteiger charge is -2.39. The summed E-state index contributed by atoms with van der Waals surface area (Å²) in [7, 11) is 0. The predicted octanol–water partition coefficient (Wildman–Crippen LogP) is 2.96. The number of carbonyl (C=O) groups is 2. The summed E-state index contributed by atoms with van der Waals surface area (Å²) in [6.07, 6.45) is 4.00. The van der Waals surface area contributed by atoms with Gasteiger partial charge in [0, 0.05) is 35.6 Å². The van der Waals surface area contributed by atoms with Gasteiger partial charge in [-0.25, -0.2) is 14.6 Å². The zero-order valence-electron chi connectivity index (χ0n) is 21.6. The van der Waals surface area contributed by atoms with E-state index in [1.54, 1.807) is 33.7 Å². The molecule has 3 aromatic rings. The Balaban J connectivity index is 1.09. The second kappa shape index (κ2) is 9.46. The third-order valence-electron chi connectivity index (χ3n) is 8.58. The van der Waals surface area contributed by atoms with Crippen LogP contribution in [0.5, 0.6) is 5.75 Å². The molecule has 202 valence electrons. The molecule has 4 aliphatic heterocycles. The van der Waals surface area contributed by atoms with Crippen LogP contribution in [0.3, 0.4) is 0 Å². The Hall–Kier alpha value is -3.76. The van der Waals surface area contributed by atoms with E-state index >= 15 is 0 Å². The van der Waals surface area contributed by atoms with E-state index in [2.05, 4.69) is 4.90 Å². The Labute approximate surface area is 224 Å². The van der Waals surface area contributed by atoms with E-state index in [1.165, 1.54) is 32.4 Å². The minimum atomic E-state index is -1.48. The number of fused-ring (bicyclic) bond motifs is 5. The third kappa shape index (κ3) is 4.18. The first-order chi connectivity index (χ1) is 19.0. The summed E-state index contributed by atoms with van der Waals surface area (Å²) in [4.78, 5) is 47.0. The van der Waals surface area contributed by atoms with Crippen LogP contribution in [-0.2, 0) is 22.7 Å². The molecule has 1 amide bonds. The number of aliphatic hydroxyl groups is 1. The van der Waals surface area contributed by atoms with E-state index in [4.69, 9.17) is 14.5 Å². The molecule has 0 aliphatic carbocycles. The van der Waals surface area contributed by atoms with Crippen LogP contribution in [0, 0.1) is 0 Å². The molecule has 1 atom stereocenters. The summed E-state index contributed by atoms with van der Waals surface area (Å²) < 4.78 is 12.3. The van der Waals surface area contributed by atoms with Gasteiger partial charge in [-0.3, -0.25) is 4.79 Å². The highest BCUT2D eigenvalue weighted by atomic mass is 16.6.